The van der Waals surface area contributed by atoms with Crippen molar-refractivity contribution in [3.05, 3.63) is 53.6 Å². The molecule has 0 saturated carbocycles. The summed E-state index contributed by atoms with van der Waals surface area (Å²) in [5.74, 6) is -1.61. The van der Waals surface area contributed by atoms with Crippen molar-refractivity contribution < 1.29 is 64.6 Å². The summed E-state index contributed by atoms with van der Waals surface area (Å²) in [7, 11) is 1.37. The van der Waals surface area contributed by atoms with E-state index in [0.29, 0.717) is 5.56 Å². The van der Waals surface area contributed by atoms with Crippen molar-refractivity contribution in [3.8, 4) is 23.0 Å². The number of hydrogen-bond donors (Lipinski definition) is 8. The van der Waals surface area contributed by atoms with Crippen molar-refractivity contribution in [2.24, 2.45) is 0 Å². The van der Waals surface area contributed by atoms with E-state index in [2.05, 4.69) is 0 Å². The number of carbonyl (C=O) groups is 1. The standard InChI is InChI=1S/C25H30O13/c1-35-18-8-12(2-5-15(18)27)3-7-20(30)36-11-19-22(32)23(33)24(34)25(38-19)37-10-17(29)21(31)13-4-6-14(26)16(28)9-13/h2-9,17,19,21-29,31-34H,10-11H2,1H3/b7-3+/t17-,19-,21+,22-,23+,24-,25-/m0/s1. The second-order valence-corrected chi connectivity index (χ2v) is 8.50. The molecule has 13 nitrogen and oxygen atoms in total. The molecule has 8 N–H and O–H groups in total. The maximum atomic E-state index is 12.1. The summed E-state index contributed by atoms with van der Waals surface area (Å²) >= 11 is 0. The van der Waals surface area contributed by atoms with Crippen LogP contribution in [0.25, 0.3) is 6.08 Å². The first-order chi connectivity index (χ1) is 18.0. The number of phenolic OH excluding ortho intramolecular Hbond substituents is 3. The van der Waals surface area contributed by atoms with Crippen molar-refractivity contribution in [2.75, 3.05) is 20.3 Å². The summed E-state index contributed by atoms with van der Waals surface area (Å²) < 4.78 is 20.8. The predicted octanol–water partition coefficient (Wildman–Crippen LogP) is -0.713. The van der Waals surface area contributed by atoms with Gasteiger partial charge in [0.15, 0.2) is 29.3 Å². The number of hydrogen-bond acceptors (Lipinski definition) is 13. The number of carbonyl (C=O) groups excluding carboxylic acids is 1. The molecule has 2 aromatic rings. The van der Waals surface area contributed by atoms with Gasteiger partial charge in [-0.3, -0.25) is 0 Å². The number of aliphatic hydroxyl groups excluding tert-OH is 5. The molecule has 1 fully saturated rings. The van der Waals surface area contributed by atoms with Gasteiger partial charge in [0.2, 0.25) is 0 Å². The molecule has 13 heteroatoms. The van der Waals surface area contributed by atoms with Gasteiger partial charge < -0.3 is 59.8 Å². The Morgan fingerprint density at radius 2 is 1.68 bits per heavy atom. The fourth-order valence-corrected chi connectivity index (χ4v) is 3.60. The molecule has 2 aromatic carbocycles. The highest BCUT2D eigenvalue weighted by molar-refractivity contribution is 5.87. The highest BCUT2D eigenvalue weighted by Crippen LogP contribution is 2.30. The van der Waals surface area contributed by atoms with Crippen molar-refractivity contribution in [3.63, 3.8) is 0 Å². The molecule has 0 unspecified atom stereocenters. The largest absolute Gasteiger partial charge is 0.504 e. The number of rotatable bonds is 10. The second kappa shape index (κ2) is 12.9. The summed E-state index contributed by atoms with van der Waals surface area (Å²) in [6.07, 6.45) is -8.62. The van der Waals surface area contributed by atoms with E-state index in [9.17, 15) is 45.6 Å². The molecule has 208 valence electrons. The van der Waals surface area contributed by atoms with Crippen molar-refractivity contribution in [2.45, 2.75) is 42.9 Å². The molecular formula is C25H30O13. The van der Waals surface area contributed by atoms with Gasteiger partial charge in [-0.15, -0.1) is 0 Å². The van der Waals surface area contributed by atoms with Crippen LogP contribution in [0, 0.1) is 0 Å². The third-order valence-corrected chi connectivity index (χ3v) is 5.81. The molecule has 1 saturated heterocycles. The van der Waals surface area contributed by atoms with Gasteiger partial charge in [0, 0.05) is 6.08 Å². The van der Waals surface area contributed by atoms with Crippen LogP contribution < -0.4 is 4.74 Å². The van der Waals surface area contributed by atoms with Crippen molar-refractivity contribution in [1.29, 1.82) is 0 Å². The van der Waals surface area contributed by atoms with Crippen LogP contribution in [-0.2, 0) is 19.0 Å². The van der Waals surface area contributed by atoms with E-state index < -0.39 is 73.6 Å². The number of aliphatic hydroxyl groups is 5. The topological polar surface area (TPSA) is 216 Å². The number of phenols is 3. The molecule has 7 atom stereocenters. The van der Waals surface area contributed by atoms with Crippen molar-refractivity contribution in [1.82, 2.24) is 0 Å². The lowest BCUT2D eigenvalue weighted by Crippen LogP contribution is -2.59. The number of methoxy groups -OCH3 is 1. The average Bonchev–Trinajstić information content (AvgIpc) is 2.91. The Hall–Kier alpha value is -3.43. The van der Waals surface area contributed by atoms with E-state index in [1.807, 2.05) is 0 Å². The fourth-order valence-electron chi connectivity index (χ4n) is 3.60. The number of ether oxygens (including phenoxy) is 4. The van der Waals surface area contributed by atoms with Gasteiger partial charge in [0.1, 0.15) is 43.2 Å². The van der Waals surface area contributed by atoms with Gasteiger partial charge in [0.05, 0.1) is 13.7 Å². The van der Waals surface area contributed by atoms with E-state index >= 15 is 0 Å². The van der Waals surface area contributed by atoms with Crippen LogP contribution in [0.1, 0.15) is 17.2 Å². The Labute approximate surface area is 217 Å². The Balaban J connectivity index is 1.55. The zero-order chi connectivity index (χ0) is 28.0. The minimum absolute atomic E-state index is 0.0700. The molecule has 1 aliphatic rings. The molecule has 0 bridgehead atoms. The van der Waals surface area contributed by atoms with Crippen LogP contribution in [0.2, 0.25) is 0 Å². The quantitative estimate of drug-likeness (QED) is 0.107. The van der Waals surface area contributed by atoms with Gasteiger partial charge in [-0.2, -0.15) is 0 Å². The Kier molecular flexibility index (Phi) is 9.88. The first-order valence-corrected chi connectivity index (χ1v) is 11.4. The van der Waals surface area contributed by atoms with Gasteiger partial charge >= 0.3 is 5.97 Å². The van der Waals surface area contributed by atoms with Crippen LogP contribution in [0.4, 0.5) is 0 Å². The van der Waals surface area contributed by atoms with Gasteiger partial charge in [0.25, 0.3) is 0 Å². The molecule has 3 rings (SSSR count). The fraction of sp³-hybridized carbons (Fsp3) is 0.400. The van der Waals surface area contributed by atoms with Crippen molar-refractivity contribution >= 4 is 12.0 Å². The SMILES string of the molecule is COc1cc(/C=C/C(=O)OC[C@@H]2O[C@H](OC[C@H](O)[C@H](O)c3ccc(O)c(O)c3)[C@@H](O)[C@H](O)[C@H]2O)ccc1O. The van der Waals surface area contributed by atoms with Crippen LogP contribution in [-0.4, -0.2) is 104 Å². The summed E-state index contributed by atoms with van der Waals surface area (Å²) in [6.45, 7) is -1.12. The molecule has 1 heterocycles. The van der Waals surface area contributed by atoms with Crippen LogP contribution in [0.3, 0.4) is 0 Å². The summed E-state index contributed by atoms with van der Waals surface area (Å²) in [5, 5.41) is 79.7. The Morgan fingerprint density at radius 1 is 0.974 bits per heavy atom. The molecule has 0 amide bonds. The van der Waals surface area contributed by atoms with Gasteiger partial charge in [-0.05, 0) is 41.5 Å². The monoisotopic (exact) mass is 538 g/mol. The van der Waals surface area contributed by atoms with E-state index in [-0.39, 0.29) is 17.1 Å². The zero-order valence-corrected chi connectivity index (χ0v) is 20.2. The zero-order valence-electron chi connectivity index (χ0n) is 20.2. The lowest BCUT2D eigenvalue weighted by atomic mass is 9.99. The third kappa shape index (κ3) is 7.11. The molecular weight excluding hydrogens is 508 g/mol. The summed E-state index contributed by atoms with van der Waals surface area (Å²) in [6, 6.07) is 7.84. The third-order valence-electron chi connectivity index (χ3n) is 5.81. The maximum Gasteiger partial charge on any atom is 0.330 e. The van der Waals surface area contributed by atoms with Gasteiger partial charge in [-0.1, -0.05) is 12.1 Å². The van der Waals surface area contributed by atoms with Gasteiger partial charge in [-0.25, -0.2) is 4.79 Å². The van der Waals surface area contributed by atoms with Crippen LogP contribution in [0.5, 0.6) is 23.0 Å². The minimum atomic E-state index is -1.74. The van der Waals surface area contributed by atoms with E-state index in [1.54, 1.807) is 0 Å². The minimum Gasteiger partial charge on any atom is -0.504 e. The normalized spacial score (nSPS) is 25.2. The van der Waals surface area contributed by atoms with E-state index in [4.69, 9.17) is 18.9 Å². The summed E-state index contributed by atoms with van der Waals surface area (Å²) in [5.41, 5.74) is 0.599. The molecule has 0 aliphatic carbocycles. The number of benzene rings is 2. The second-order valence-electron chi connectivity index (χ2n) is 8.50. The first kappa shape index (κ1) is 29.1. The number of aromatic hydroxyl groups is 3. The first-order valence-electron chi connectivity index (χ1n) is 11.4. The predicted molar refractivity (Wildman–Crippen MR) is 128 cm³/mol. The lowest BCUT2D eigenvalue weighted by Gasteiger charge is -2.40. The molecule has 1 aliphatic heterocycles. The Bertz CT molecular complexity index is 1120. The van der Waals surface area contributed by atoms with E-state index in [1.165, 1.54) is 37.5 Å². The summed E-state index contributed by atoms with van der Waals surface area (Å²) in [4.78, 5) is 12.1. The smallest absolute Gasteiger partial charge is 0.330 e. The lowest BCUT2D eigenvalue weighted by molar-refractivity contribution is -0.306. The maximum absolute atomic E-state index is 12.1. The molecule has 0 spiro atoms. The average molecular weight is 539 g/mol. The number of esters is 1. The molecule has 0 radical (unpaired) electrons. The highest BCUT2D eigenvalue weighted by atomic mass is 16.7. The molecule has 38 heavy (non-hydrogen) atoms. The van der Waals surface area contributed by atoms with Crippen LogP contribution in [0.15, 0.2) is 42.5 Å². The highest BCUT2D eigenvalue weighted by Gasteiger charge is 2.45. The Morgan fingerprint density at radius 3 is 2.37 bits per heavy atom. The molecule has 0 aromatic heterocycles. The van der Waals surface area contributed by atoms with Crippen LogP contribution >= 0.6 is 0 Å². The van der Waals surface area contributed by atoms with E-state index in [0.717, 1.165) is 18.2 Å².